The molecule has 1 unspecified atom stereocenters. The van der Waals surface area contributed by atoms with Gasteiger partial charge in [-0.05, 0) is 25.0 Å². The Bertz CT molecular complexity index is 574. The molecule has 1 aliphatic rings. The summed E-state index contributed by atoms with van der Waals surface area (Å²) in [6.07, 6.45) is 3.62. The van der Waals surface area contributed by atoms with E-state index in [1.54, 1.807) is 0 Å². The first-order valence-electron chi connectivity index (χ1n) is 6.74. The van der Waals surface area contributed by atoms with Crippen molar-refractivity contribution in [2.75, 3.05) is 13.2 Å². The number of carbonyl (C=O) groups excluding carboxylic acids is 1. The molecule has 1 N–H and O–H groups in total. The highest BCUT2D eigenvalue weighted by Crippen LogP contribution is 2.18. The van der Waals surface area contributed by atoms with Gasteiger partial charge in [0.15, 0.2) is 0 Å². The highest BCUT2D eigenvalue weighted by Gasteiger charge is 2.18. The molecule has 0 spiro atoms. The maximum Gasteiger partial charge on any atom is 0.288 e. The topological polar surface area (TPSA) is 64.4 Å². The molecule has 2 aromatic rings. The quantitative estimate of drug-likeness (QED) is 0.927. The fourth-order valence-corrected chi connectivity index (χ4v) is 2.19. The zero-order valence-electron chi connectivity index (χ0n) is 11.0. The molecule has 0 bridgehead atoms. The minimum absolute atomic E-state index is 0.121. The van der Waals surface area contributed by atoms with Crippen molar-refractivity contribution in [3.8, 4) is 11.5 Å². The lowest BCUT2D eigenvalue weighted by molar-refractivity contribution is 0.0836. The Kier molecular flexibility index (Phi) is 3.78. The predicted molar refractivity (Wildman–Crippen MR) is 73.2 cm³/mol. The standard InChI is InChI=1S/C15H16N2O3/c18-14(16-9-12-7-4-8-19-12)13-10-17-15(20-13)11-5-2-1-3-6-11/h1-3,5-6,10,12H,4,7-9H2,(H,16,18). The van der Waals surface area contributed by atoms with Crippen molar-refractivity contribution in [3.05, 3.63) is 42.3 Å². The Morgan fingerprint density at radius 2 is 2.20 bits per heavy atom. The molecule has 0 saturated carbocycles. The zero-order chi connectivity index (χ0) is 13.8. The van der Waals surface area contributed by atoms with E-state index in [0.717, 1.165) is 25.0 Å². The molecule has 0 radical (unpaired) electrons. The van der Waals surface area contributed by atoms with Gasteiger partial charge in [-0.1, -0.05) is 18.2 Å². The van der Waals surface area contributed by atoms with Crippen molar-refractivity contribution in [2.45, 2.75) is 18.9 Å². The summed E-state index contributed by atoms with van der Waals surface area (Å²) < 4.78 is 10.9. The van der Waals surface area contributed by atoms with Gasteiger partial charge in [-0.2, -0.15) is 0 Å². The Labute approximate surface area is 117 Å². The Hall–Kier alpha value is -2.14. The first kappa shape index (κ1) is 12.9. The maximum atomic E-state index is 11.9. The molecule has 5 heteroatoms. The zero-order valence-corrected chi connectivity index (χ0v) is 11.0. The molecule has 20 heavy (non-hydrogen) atoms. The van der Waals surface area contributed by atoms with E-state index in [2.05, 4.69) is 10.3 Å². The van der Waals surface area contributed by atoms with Crippen molar-refractivity contribution >= 4 is 5.91 Å². The third-order valence-electron chi connectivity index (χ3n) is 3.26. The molecule has 1 aromatic carbocycles. The number of hydrogen-bond donors (Lipinski definition) is 1. The van der Waals surface area contributed by atoms with Gasteiger partial charge in [-0.15, -0.1) is 0 Å². The number of rotatable bonds is 4. The van der Waals surface area contributed by atoms with Crippen molar-refractivity contribution in [3.63, 3.8) is 0 Å². The normalized spacial score (nSPS) is 18.1. The number of nitrogens with zero attached hydrogens (tertiary/aromatic N) is 1. The molecular formula is C15H16N2O3. The molecule has 1 atom stereocenters. The van der Waals surface area contributed by atoms with Crippen LogP contribution in [0.5, 0.6) is 0 Å². The van der Waals surface area contributed by atoms with Crippen molar-refractivity contribution < 1.29 is 13.9 Å². The molecule has 5 nitrogen and oxygen atoms in total. The number of nitrogens with one attached hydrogen (secondary N) is 1. The van der Waals surface area contributed by atoms with Gasteiger partial charge in [0.1, 0.15) is 0 Å². The van der Waals surface area contributed by atoms with Crippen LogP contribution in [-0.2, 0) is 4.74 Å². The van der Waals surface area contributed by atoms with Gasteiger partial charge in [-0.3, -0.25) is 4.79 Å². The predicted octanol–water partition coefficient (Wildman–Crippen LogP) is 2.25. The van der Waals surface area contributed by atoms with Gasteiger partial charge in [0.2, 0.25) is 11.7 Å². The molecule has 1 aromatic heterocycles. The van der Waals surface area contributed by atoms with Crippen LogP contribution in [0.4, 0.5) is 0 Å². The summed E-state index contributed by atoms with van der Waals surface area (Å²) in [6.45, 7) is 1.29. The molecule has 3 rings (SSSR count). The maximum absolute atomic E-state index is 11.9. The minimum Gasteiger partial charge on any atom is -0.431 e. The van der Waals surface area contributed by atoms with Crippen molar-refractivity contribution in [1.29, 1.82) is 0 Å². The number of ether oxygens (including phenoxy) is 1. The van der Waals surface area contributed by atoms with Crippen LogP contribution in [0.3, 0.4) is 0 Å². The number of aromatic nitrogens is 1. The minimum atomic E-state index is -0.254. The first-order chi connectivity index (χ1) is 9.83. The number of oxazole rings is 1. The molecule has 1 saturated heterocycles. The summed E-state index contributed by atoms with van der Waals surface area (Å²) in [4.78, 5) is 16.1. The molecule has 1 amide bonds. The summed E-state index contributed by atoms with van der Waals surface area (Å²) in [6, 6.07) is 9.49. The second kappa shape index (κ2) is 5.88. The van der Waals surface area contributed by atoms with E-state index in [4.69, 9.17) is 9.15 Å². The van der Waals surface area contributed by atoms with Crippen molar-refractivity contribution in [2.24, 2.45) is 0 Å². The Morgan fingerprint density at radius 3 is 2.95 bits per heavy atom. The number of benzene rings is 1. The highest BCUT2D eigenvalue weighted by atomic mass is 16.5. The van der Waals surface area contributed by atoms with Crippen LogP contribution in [0.1, 0.15) is 23.4 Å². The number of hydrogen-bond acceptors (Lipinski definition) is 4. The van der Waals surface area contributed by atoms with Gasteiger partial charge >= 0.3 is 0 Å². The average Bonchev–Trinajstić information content (AvgIpc) is 3.17. The van der Waals surface area contributed by atoms with E-state index in [1.165, 1.54) is 6.20 Å². The average molecular weight is 272 g/mol. The summed E-state index contributed by atoms with van der Waals surface area (Å²) in [5.74, 6) is 0.421. The third-order valence-corrected chi connectivity index (χ3v) is 3.26. The summed E-state index contributed by atoms with van der Waals surface area (Å²) >= 11 is 0. The van der Waals surface area contributed by atoms with Gasteiger partial charge in [0.05, 0.1) is 12.3 Å². The van der Waals surface area contributed by atoms with E-state index in [-0.39, 0.29) is 17.8 Å². The smallest absolute Gasteiger partial charge is 0.288 e. The van der Waals surface area contributed by atoms with Crippen LogP contribution >= 0.6 is 0 Å². The van der Waals surface area contributed by atoms with E-state index in [9.17, 15) is 4.79 Å². The second-order valence-corrected chi connectivity index (χ2v) is 4.74. The Morgan fingerprint density at radius 1 is 1.35 bits per heavy atom. The molecule has 1 aliphatic heterocycles. The lowest BCUT2D eigenvalue weighted by Gasteiger charge is -2.09. The Balaban J connectivity index is 1.62. The van der Waals surface area contributed by atoms with Crippen molar-refractivity contribution in [1.82, 2.24) is 10.3 Å². The van der Waals surface area contributed by atoms with Crippen LogP contribution in [-0.4, -0.2) is 30.1 Å². The van der Waals surface area contributed by atoms with Crippen LogP contribution < -0.4 is 5.32 Å². The first-order valence-corrected chi connectivity index (χ1v) is 6.74. The molecular weight excluding hydrogens is 256 g/mol. The van der Waals surface area contributed by atoms with Crippen LogP contribution in [0, 0.1) is 0 Å². The molecule has 104 valence electrons. The molecule has 2 heterocycles. The van der Waals surface area contributed by atoms with E-state index in [0.29, 0.717) is 12.4 Å². The van der Waals surface area contributed by atoms with E-state index >= 15 is 0 Å². The third kappa shape index (κ3) is 2.88. The van der Waals surface area contributed by atoms with Gasteiger partial charge < -0.3 is 14.5 Å². The van der Waals surface area contributed by atoms with Gasteiger partial charge in [0.25, 0.3) is 5.91 Å². The fourth-order valence-electron chi connectivity index (χ4n) is 2.19. The van der Waals surface area contributed by atoms with Gasteiger partial charge in [0, 0.05) is 18.7 Å². The monoisotopic (exact) mass is 272 g/mol. The summed E-state index contributed by atoms with van der Waals surface area (Å²) in [5, 5.41) is 2.81. The lowest BCUT2D eigenvalue weighted by atomic mass is 10.2. The van der Waals surface area contributed by atoms with Crippen LogP contribution in [0.15, 0.2) is 40.9 Å². The highest BCUT2D eigenvalue weighted by molar-refractivity contribution is 5.91. The van der Waals surface area contributed by atoms with Crippen LogP contribution in [0.2, 0.25) is 0 Å². The molecule has 0 aliphatic carbocycles. The van der Waals surface area contributed by atoms with E-state index < -0.39 is 0 Å². The van der Waals surface area contributed by atoms with Crippen LogP contribution in [0.25, 0.3) is 11.5 Å². The summed E-state index contributed by atoms with van der Waals surface area (Å²) in [5.41, 5.74) is 0.852. The lowest BCUT2D eigenvalue weighted by Crippen LogP contribution is -2.31. The molecule has 1 fully saturated rings. The fraction of sp³-hybridized carbons (Fsp3) is 0.333. The number of amides is 1. The SMILES string of the molecule is O=C(NCC1CCCO1)c1cnc(-c2ccccc2)o1. The van der Waals surface area contributed by atoms with E-state index in [1.807, 2.05) is 30.3 Å². The summed E-state index contributed by atoms with van der Waals surface area (Å²) in [7, 11) is 0. The second-order valence-electron chi connectivity index (χ2n) is 4.74. The van der Waals surface area contributed by atoms with Gasteiger partial charge in [-0.25, -0.2) is 4.98 Å². The largest absolute Gasteiger partial charge is 0.431 e. The number of carbonyl (C=O) groups is 1.